The molecule has 2 fully saturated rings. The topological polar surface area (TPSA) is 37.3 Å². The molecule has 0 aliphatic heterocycles. The van der Waals surface area contributed by atoms with E-state index in [1.54, 1.807) is 0 Å². The maximum Gasteiger partial charge on any atom is 0.136 e. The van der Waals surface area contributed by atoms with Crippen molar-refractivity contribution < 1.29 is 9.90 Å². The van der Waals surface area contributed by atoms with Crippen molar-refractivity contribution in [3.8, 4) is 0 Å². The molecule has 2 heteroatoms. The Bertz CT molecular complexity index is 485. The van der Waals surface area contributed by atoms with E-state index in [9.17, 15) is 9.90 Å². The second-order valence-corrected chi connectivity index (χ2v) is 6.91. The molecule has 1 aromatic carbocycles. The predicted octanol–water partition coefficient (Wildman–Crippen LogP) is 4.38. The molecule has 2 aliphatic rings. The van der Waals surface area contributed by atoms with Crippen LogP contribution in [0.15, 0.2) is 24.3 Å². The van der Waals surface area contributed by atoms with Gasteiger partial charge in [0.25, 0.3) is 0 Å². The van der Waals surface area contributed by atoms with E-state index in [1.807, 2.05) is 6.92 Å². The van der Waals surface area contributed by atoms with Crippen molar-refractivity contribution in [1.29, 1.82) is 0 Å². The van der Waals surface area contributed by atoms with Gasteiger partial charge in [-0.15, -0.1) is 0 Å². The van der Waals surface area contributed by atoms with E-state index in [0.29, 0.717) is 17.6 Å². The molecule has 2 nitrogen and oxygen atoms in total. The lowest BCUT2D eigenvalue weighted by Crippen LogP contribution is -2.16. The summed E-state index contributed by atoms with van der Waals surface area (Å²) in [5, 5.41) is 10.5. The van der Waals surface area contributed by atoms with Crippen molar-refractivity contribution in [2.75, 3.05) is 0 Å². The summed E-state index contributed by atoms with van der Waals surface area (Å²) in [6, 6.07) is 8.40. The summed E-state index contributed by atoms with van der Waals surface area (Å²) >= 11 is 0. The van der Waals surface area contributed by atoms with E-state index < -0.39 is 0 Å². The SMILES string of the molecule is CC1C(=O)CCC1c1ccc(C(O)C2CCCCC2)cc1. The number of hydrogen-bond acceptors (Lipinski definition) is 2. The Kier molecular flexibility index (Phi) is 4.44. The molecule has 0 saturated heterocycles. The van der Waals surface area contributed by atoms with Gasteiger partial charge in [0.05, 0.1) is 6.10 Å². The summed E-state index contributed by atoms with van der Waals surface area (Å²) < 4.78 is 0. The second kappa shape index (κ2) is 6.31. The first kappa shape index (κ1) is 14.8. The number of benzene rings is 1. The van der Waals surface area contributed by atoms with Gasteiger partial charge in [-0.25, -0.2) is 0 Å². The Labute approximate surface area is 127 Å². The second-order valence-electron chi connectivity index (χ2n) is 6.91. The van der Waals surface area contributed by atoms with Crippen LogP contribution in [0.1, 0.15) is 75.0 Å². The van der Waals surface area contributed by atoms with Crippen LogP contribution in [0.5, 0.6) is 0 Å². The van der Waals surface area contributed by atoms with Gasteiger partial charge in [-0.3, -0.25) is 4.79 Å². The molecule has 0 spiro atoms. The van der Waals surface area contributed by atoms with Crippen LogP contribution in [0.25, 0.3) is 0 Å². The molecule has 2 aliphatic carbocycles. The minimum atomic E-state index is -0.318. The molecule has 0 aromatic heterocycles. The zero-order valence-corrected chi connectivity index (χ0v) is 12.9. The van der Waals surface area contributed by atoms with Crippen LogP contribution in [0.3, 0.4) is 0 Å². The van der Waals surface area contributed by atoms with Crippen LogP contribution >= 0.6 is 0 Å². The highest BCUT2D eigenvalue weighted by Crippen LogP contribution is 2.38. The van der Waals surface area contributed by atoms with Crippen LogP contribution in [0.2, 0.25) is 0 Å². The van der Waals surface area contributed by atoms with Gasteiger partial charge in [0.1, 0.15) is 5.78 Å². The van der Waals surface area contributed by atoms with E-state index in [2.05, 4.69) is 24.3 Å². The van der Waals surface area contributed by atoms with Crippen LogP contribution in [-0.4, -0.2) is 10.9 Å². The van der Waals surface area contributed by atoms with E-state index in [-0.39, 0.29) is 12.0 Å². The summed E-state index contributed by atoms with van der Waals surface area (Å²) in [5.41, 5.74) is 2.30. The third kappa shape index (κ3) is 3.06. The smallest absolute Gasteiger partial charge is 0.136 e. The lowest BCUT2D eigenvalue weighted by molar-refractivity contribution is -0.120. The Balaban J connectivity index is 1.70. The van der Waals surface area contributed by atoms with Gasteiger partial charge in [-0.2, -0.15) is 0 Å². The van der Waals surface area contributed by atoms with Gasteiger partial charge < -0.3 is 5.11 Å². The number of aliphatic hydroxyl groups is 1. The summed E-state index contributed by atoms with van der Waals surface area (Å²) in [7, 11) is 0. The third-order valence-electron chi connectivity index (χ3n) is 5.62. The largest absolute Gasteiger partial charge is 0.388 e. The molecule has 0 bridgehead atoms. The molecular formula is C19H26O2. The highest BCUT2D eigenvalue weighted by molar-refractivity contribution is 5.84. The monoisotopic (exact) mass is 286 g/mol. The first-order valence-electron chi connectivity index (χ1n) is 8.47. The Morgan fingerprint density at radius 2 is 1.71 bits per heavy atom. The van der Waals surface area contributed by atoms with Crippen LogP contribution in [0, 0.1) is 11.8 Å². The fraction of sp³-hybridized carbons (Fsp3) is 0.632. The van der Waals surface area contributed by atoms with Gasteiger partial charge >= 0.3 is 0 Å². The summed E-state index contributed by atoms with van der Waals surface area (Å²) in [5.74, 6) is 1.35. The molecule has 114 valence electrons. The lowest BCUT2D eigenvalue weighted by atomic mass is 9.82. The average molecular weight is 286 g/mol. The first-order chi connectivity index (χ1) is 10.2. The highest BCUT2D eigenvalue weighted by atomic mass is 16.3. The molecule has 2 saturated carbocycles. The van der Waals surface area contributed by atoms with Gasteiger partial charge in [-0.1, -0.05) is 50.5 Å². The fourth-order valence-corrected chi connectivity index (χ4v) is 4.12. The van der Waals surface area contributed by atoms with Gasteiger partial charge in [-0.05, 0) is 42.2 Å². The summed E-state index contributed by atoms with van der Waals surface area (Å²) in [6.45, 7) is 2.05. The quantitative estimate of drug-likeness (QED) is 0.895. The minimum Gasteiger partial charge on any atom is -0.388 e. The van der Waals surface area contributed by atoms with Crippen molar-refractivity contribution in [3.63, 3.8) is 0 Å². The number of ketones is 1. The molecule has 0 heterocycles. The van der Waals surface area contributed by atoms with Crippen LogP contribution in [0.4, 0.5) is 0 Å². The minimum absolute atomic E-state index is 0.152. The van der Waals surface area contributed by atoms with Crippen molar-refractivity contribution in [3.05, 3.63) is 35.4 Å². The Morgan fingerprint density at radius 1 is 1.05 bits per heavy atom. The molecular weight excluding hydrogens is 260 g/mol. The van der Waals surface area contributed by atoms with Crippen molar-refractivity contribution in [2.45, 2.75) is 63.9 Å². The average Bonchev–Trinajstić information content (AvgIpc) is 2.87. The third-order valence-corrected chi connectivity index (χ3v) is 5.62. The lowest BCUT2D eigenvalue weighted by Gasteiger charge is -2.27. The number of Topliss-reactive ketones (excluding diaryl/α,β-unsaturated/α-hetero) is 1. The number of aliphatic hydroxyl groups excluding tert-OH is 1. The molecule has 21 heavy (non-hydrogen) atoms. The number of carbonyl (C=O) groups is 1. The first-order valence-corrected chi connectivity index (χ1v) is 8.47. The van der Waals surface area contributed by atoms with Crippen molar-refractivity contribution in [1.82, 2.24) is 0 Å². The van der Waals surface area contributed by atoms with Crippen molar-refractivity contribution in [2.24, 2.45) is 11.8 Å². The normalized spacial score (nSPS) is 28.8. The van der Waals surface area contributed by atoms with Crippen molar-refractivity contribution >= 4 is 5.78 Å². The van der Waals surface area contributed by atoms with E-state index in [4.69, 9.17) is 0 Å². The standard InChI is InChI=1S/C19H26O2/c1-13-17(11-12-18(13)20)14-7-9-16(10-8-14)19(21)15-5-3-2-4-6-15/h7-10,13,15,17,19,21H,2-6,11-12H2,1H3. The number of hydrogen-bond donors (Lipinski definition) is 1. The Hall–Kier alpha value is -1.15. The van der Waals surface area contributed by atoms with Crippen LogP contribution < -0.4 is 0 Å². The predicted molar refractivity (Wildman–Crippen MR) is 84.1 cm³/mol. The van der Waals surface area contributed by atoms with Gasteiger partial charge in [0, 0.05) is 12.3 Å². The molecule has 1 aromatic rings. The molecule has 1 N–H and O–H groups in total. The molecule has 3 rings (SSSR count). The van der Waals surface area contributed by atoms with E-state index in [0.717, 1.165) is 31.2 Å². The van der Waals surface area contributed by atoms with E-state index in [1.165, 1.54) is 24.8 Å². The molecule has 0 radical (unpaired) electrons. The summed E-state index contributed by atoms with van der Waals surface area (Å²) in [6.07, 6.45) is 7.50. The number of carbonyl (C=O) groups excluding carboxylic acids is 1. The zero-order chi connectivity index (χ0) is 14.8. The molecule has 3 unspecified atom stereocenters. The fourth-order valence-electron chi connectivity index (χ4n) is 4.12. The number of rotatable bonds is 3. The maximum atomic E-state index is 11.7. The van der Waals surface area contributed by atoms with E-state index >= 15 is 0 Å². The highest BCUT2D eigenvalue weighted by Gasteiger charge is 2.32. The maximum absolute atomic E-state index is 11.7. The molecule has 0 amide bonds. The Morgan fingerprint density at radius 3 is 2.29 bits per heavy atom. The summed E-state index contributed by atoms with van der Waals surface area (Å²) in [4.78, 5) is 11.7. The van der Waals surface area contributed by atoms with Gasteiger partial charge in [0.15, 0.2) is 0 Å². The zero-order valence-electron chi connectivity index (χ0n) is 12.9. The van der Waals surface area contributed by atoms with Crippen LogP contribution in [-0.2, 0) is 4.79 Å². The molecule has 3 atom stereocenters. The van der Waals surface area contributed by atoms with Gasteiger partial charge in [0.2, 0.25) is 0 Å².